The van der Waals surface area contributed by atoms with Crippen molar-refractivity contribution in [2.75, 3.05) is 18.4 Å². The number of thiocarbonyl (C=S) groups is 1. The highest BCUT2D eigenvalue weighted by Crippen LogP contribution is 2.17. The minimum Gasteiger partial charge on any atom is -0.349 e. The fourth-order valence-corrected chi connectivity index (χ4v) is 2.36. The first-order valence-electron chi connectivity index (χ1n) is 5.80. The van der Waals surface area contributed by atoms with E-state index in [4.69, 9.17) is 12.2 Å². The molecule has 2 rings (SSSR count). The van der Waals surface area contributed by atoms with E-state index in [-0.39, 0.29) is 0 Å². The Bertz CT molecular complexity index is 395. The minimum absolute atomic E-state index is 0.865. The molecule has 0 aromatic heterocycles. The van der Waals surface area contributed by atoms with Gasteiger partial charge in [0.05, 0.1) is 0 Å². The van der Waals surface area contributed by atoms with Gasteiger partial charge in [0.2, 0.25) is 0 Å². The van der Waals surface area contributed by atoms with Crippen LogP contribution in [0.2, 0.25) is 0 Å². The number of hydrogen-bond donors (Lipinski definition) is 1. The van der Waals surface area contributed by atoms with Crippen molar-refractivity contribution in [3.05, 3.63) is 29.3 Å². The fraction of sp³-hybridized carbons (Fsp3) is 0.462. The molecule has 86 valence electrons. The Morgan fingerprint density at radius 3 is 2.56 bits per heavy atom. The van der Waals surface area contributed by atoms with Crippen LogP contribution in [0.4, 0.5) is 5.69 Å². The molecule has 0 spiro atoms. The Morgan fingerprint density at radius 2 is 1.94 bits per heavy atom. The molecule has 1 N–H and O–H groups in total. The second-order valence-electron chi connectivity index (χ2n) is 4.44. The van der Waals surface area contributed by atoms with E-state index in [1.807, 2.05) is 0 Å². The number of nitrogens with zero attached hydrogens (tertiary/aromatic N) is 1. The predicted molar refractivity (Wildman–Crippen MR) is 72.9 cm³/mol. The van der Waals surface area contributed by atoms with Crippen molar-refractivity contribution < 1.29 is 0 Å². The van der Waals surface area contributed by atoms with E-state index in [1.54, 1.807) is 0 Å². The lowest BCUT2D eigenvalue weighted by Gasteiger charge is -2.20. The number of rotatable bonds is 1. The van der Waals surface area contributed by atoms with Gasteiger partial charge in [-0.1, -0.05) is 17.7 Å². The third-order valence-corrected chi connectivity index (χ3v) is 3.38. The van der Waals surface area contributed by atoms with Crippen molar-refractivity contribution in [1.29, 1.82) is 0 Å². The van der Waals surface area contributed by atoms with Crippen LogP contribution in [-0.4, -0.2) is 23.1 Å². The summed E-state index contributed by atoms with van der Waals surface area (Å²) >= 11 is 5.40. The van der Waals surface area contributed by atoms with Gasteiger partial charge in [-0.3, -0.25) is 0 Å². The molecule has 1 heterocycles. The van der Waals surface area contributed by atoms with Gasteiger partial charge in [0.15, 0.2) is 5.11 Å². The lowest BCUT2D eigenvalue weighted by atomic mass is 10.1. The van der Waals surface area contributed by atoms with E-state index in [1.165, 1.54) is 24.0 Å². The van der Waals surface area contributed by atoms with Crippen LogP contribution in [0, 0.1) is 13.8 Å². The van der Waals surface area contributed by atoms with Gasteiger partial charge in [-0.15, -0.1) is 0 Å². The molecule has 0 saturated carbocycles. The first-order chi connectivity index (χ1) is 7.66. The first-order valence-corrected chi connectivity index (χ1v) is 6.21. The average molecular weight is 234 g/mol. The molecule has 0 unspecified atom stereocenters. The summed E-state index contributed by atoms with van der Waals surface area (Å²) in [6, 6.07) is 6.39. The molecule has 0 atom stereocenters. The molecule has 1 aromatic rings. The molecule has 0 radical (unpaired) electrons. The topological polar surface area (TPSA) is 15.3 Å². The van der Waals surface area contributed by atoms with E-state index < -0.39 is 0 Å². The van der Waals surface area contributed by atoms with Crippen LogP contribution in [-0.2, 0) is 0 Å². The lowest BCUT2D eigenvalue weighted by molar-refractivity contribution is 0.528. The number of likely N-dealkylation sites (tertiary alicyclic amines) is 1. The maximum atomic E-state index is 5.40. The molecular weight excluding hydrogens is 216 g/mol. The van der Waals surface area contributed by atoms with Crippen molar-refractivity contribution in [3.8, 4) is 0 Å². The highest BCUT2D eigenvalue weighted by atomic mass is 32.1. The van der Waals surface area contributed by atoms with Crippen LogP contribution in [0.3, 0.4) is 0 Å². The zero-order valence-corrected chi connectivity index (χ0v) is 10.7. The second-order valence-corrected chi connectivity index (χ2v) is 4.83. The van der Waals surface area contributed by atoms with E-state index in [2.05, 4.69) is 42.3 Å². The molecule has 1 aliphatic heterocycles. The lowest BCUT2D eigenvalue weighted by Crippen LogP contribution is -2.32. The highest BCUT2D eigenvalue weighted by molar-refractivity contribution is 7.80. The Balaban J connectivity index is 2.05. The molecule has 2 nitrogen and oxygen atoms in total. The third kappa shape index (κ3) is 2.53. The van der Waals surface area contributed by atoms with Gasteiger partial charge >= 0.3 is 0 Å². The number of anilines is 1. The Hall–Kier alpha value is -1.09. The SMILES string of the molecule is Cc1ccc(NC(=S)N2CCCC2)c(C)c1. The van der Waals surface area contributed by atoms with Gasteiger partial charge in [0, 0.05) is 18.8 Å². The zero-order valence-electron chi connectivity index (χ0n) is 9.92. The second kappa shape index (κ2) is 4.83. The fourth-order valence-electron chi connectivity index (χ4n) is 2.07. The molecule has 1 aromatic carbocycles. The molecule has 3 heteroatoms. The van der Waals surface area contributed by atoms with E-state index >= 15 is 0 Å². The van der Waals surface area contributed by atoms with Crippen LogP contribution in [0.15, 0.2) is 18.2 Å². The van der Waals surface area contributed by atoms with Crippen LogP contribution >= 0.6 is 12.2 Å². The smallest absolute Gasteiger partial charge is 0.173 e. The standard InChI is InChI=1S/C13H18N2S/c1-10-5-6-12(11(2)9-10)14-13(16)15-7-3-4-8-15/h5-6,9H,3-4,7-8H2,1-2H3,(H,14,16). The summed E-state index contributed by atoms with van der Waals surface area (Å²) in [7, 11) is 0. The molecule has 1 fully saturated rings. The first kappa shape index (κ1) is 11.4. The Morgan fingerprint density at radius 1 is 1.25 bits per heavy atom. The number of nitrogens with one attached hydrogen (secondary N) is 1. The molecule has 1 saturated heterocycles. The molecule has 1 aliphatic rings. The van der Waals surface area contributed by atoms with Crippen LogP contribution in [0.1, 0.15) is 24.0 Å². The Kier molecular flexibility index (Phi) is 3.44. The van der Waals surface area contributed by atoms with Crippen LogP contribution in [0.5, 0.6) is 0 Å². The average Bonchev–Trinajstić information content (AvgIpc) is 2.75. The zero-order chi connectivity index (χ0) is 11.5. The maximum absolute atomic E-state index is 5.40. The highest BCUT2D eigenvalue weighted by Gasteiger charge is 2.14. The molecule has 0 aliphatic carbocycles. The number of aryl methyl sites for hydroxylation is 2. The number of benzene rings is 1. The summed E-state index contributed by atoms with van der Waals surface area (Å²) in [5, 5.41) is 4.20. The van der Waals surface area contributed by atoms with Crippen LogP contribution < -0.4 is 5.32 Å². The minimum atomic E-state index is 0.865. The Labute approximate surface area is 103 Å². The van der Waals surface area contributed by atoms with Crippen molar-refractivity contribution >= 4 is 23.0 Å². The van der Waals surface area contributed by atoms with Gasteiger partial charge in [-0.25, -0.2) is 0 Å². The van der Waals surface area contributed by atoms with Crippen molar-refractivity contribution in [1.82, 2.24) is 4.90 Å². The summed E-state index contributed by atoms with van der Waals surface area (Å²) in [5.74, 6) is 0. The summed E-state index contributed by atoms with van der Waals surface area (Å²) in [6.07, 6.45) is 2.52. The summed E-state index contributed by atoms with van der Waals surface area (Å²) in [6.45, 7) is 6.41. The van der Waals surface area contributed by atoms with Gasteiger partial charge in [-0.05, 0) is 50.5 Å². The summed E-state index contributed by atoms with van der Waals surface area (Å²) in [5.41, 5.74) is 3.67. The summed E-state index contributed by atoms with van der Waals surface area (Å²) < 4.78 is 0. The molecule has 0 bridgehead atoms. The monoisotopic (exact) mass is 234 g/mol. The molecule has 16 heavy (non-hydrogen) atoms. The quantitative estimate of drug-likeness (QED) is 0.752. The van der Waals surface area contributed by atoms with Crippen molar-refractivity contribution in [3.63, 3.8) is 0 Å². The summed E-state index contributed by atoms with van der Waals surface area (Å²) in [4.78, 5) is 2.24. The third-order valence-electron chi connectivity index (χ3n) is 3.02. The van der Waals surface area contributed by atoms with Crippen LogP contribution in [0.25, 0.3) is 0 Å². The molecule has 0 amide bonds. The normalized spacial score (nSPS) is 15.2. The van der Waals surface area contributed by atoms with Crippen molar-refractivity contribution in [2.45, 2.75) is 26.7 Å². The van der Waals surface area contributed by atoms with E-state index in [0.717, 1.165) is 23.9 Å². The van der Waals surface area contributed by atoms with Crippen molar-refractivity contribution in [2.24, 2.45) is 0 Å². The van der Waals surface area contributed by atoms with Gasteiger partial charge in [-0.2, -0.15) is 0 Å². The predicted octanol–water partition coefficient (Wildman–Crippen LogP) is 3.10. The van der Waals surface area contributed by atoms with E-state index in [9.17, 15) is 0 Å². The van der Waals surface area contributed by atoms with Gasteiger partial charge in [0.1, 0.15) is 0 Å². The van der Waals surface area contributed by atoms with Gasteiger partial charge < -0.3 is 10.2 Å². The maximum Gasteiger partial charge on any atom is 0.173 e. The van der Waals surface area contributed by atoms with E-state index in [0.29, 0.717) is 0 Å². The molecular formula is C13H18N2S. The largest absolute Gasteiger partial charge is 0.349 e. The number of hydrogen-bond acceptors (Lipinski definition) is 1. The van der Waals surface area contributed by atoms with Gasteiger partial charge in [0.25, 0.3) is 0 Å².